The van der Waals surface area contributed by atoms with E-state index in [1.54, 1.807) is 6.07 Å². The molecule has 1 rings (SSSR count). The predicted octanol–water partition coefficient (Wildman–Crippen LogP) is 1.69. The van der Waals surface area contributed by atoms with Crippen LogP contribution in [-0.2, 0) is 16.6 Å². The first-order chi connectivity index (χ1) is 6.65. The Balaban J connectivity index is 2.80. The molecule has 0 saturated carbocycles. The van der Waals surface area contributed by atoms with E-state index < -0.39 is 16.6 Å². The molecule has 2 N–H and O–H groups in total. The number of rotatable bonds is 4. The van der Waals surface area contributed by atoms with E-state index in [0.29, 0.717) is 22.9 Å². The molecule has 0 radical (unpaired) electrons. The second kappa shape index (κ2) is 5.44. The van der Waals surface area contributed by atoms with Crippen LogP contribution in [0, 0.1) is 5.82 Å². The van der Waals surface area contributed by atoms with Crippen molar-refractivity contribution in [3.05, 3.63) is 34.6 Å². The Bertz CT molecular complexity index is 325. The molecule has 0 saturated heterocycles. The topological polar surface area (TPSA) is 43.1 Å². The van der Waals surface area contributed by atoms with Crippen molar-refractivity contribution in [3.8, 4) is 0 Å². The lowest BCUT2D eigenvalue weighted by atomic mass is 10.2. The molecule has 1 aromatic rings. The zero-order chi connectivity index (χ0) is 10.6. The van der Waals surface area contributed by atoms with E-state index in [1.807, 2.05) is 0 Å². The smallest absolute Gasteiger partial charge is 0.128 e. The van der Waals surface area contributed by atoms with Crippen molar-refractivity contribution < 1.29 is 8.60 Å². The lowest BCUT2D eigenvalue weighted by Gasteiger charge is -2.04. The molecule has 0 aromatic heterocycles. The first kappa shape index (κ1) is 11.6. The van der Waals surface area contributed by atoms with E-state index in [-0.39, 0.29) is 5.75 Å². The van der Waals surface area contributed by atoms with Crippen LogP contribution < -0.4 is 5.73 Å². The molecule has 14 heavy (non-hydrogen) atoms. The van der Waals surface area contributed by atoms with Gasteiger partial charge in [-0.1, -0.05) is 17.7 Å². The molecule has 1 atom stereocenters. The van der Waals surface area contributed by atoms with Gasteiger partial charge in [-0.2, -0.15) is 0 Å². The van der Waals surface area contributed by atoms with Gasteiger partial charge in [-0.15, -0.1) is 0 Å². The zero-order valence-electron chi connectivity index (χ0n) is 7.50. The second-order valence-electron chi connectivity index (χ2n) is 2.78. The maximum atomic E-state index is 13.2. The molecule has 1 unspecified atom stereocenters. The summed E-state index contributed by atoms with van der Waals surface area (Å²) in [6, 6.07) is 4.41. The van der Waals surface area contributed by atoms with Crippen molar-refractivity contribution in [1.82, 2.24) is 0 Å². The second-order valence-corrected chi connectivity index (χ2v) is 4.76. The van der Waals surface area contributed by atoms with Crippen molar-refractivity contribution in [2.24, 2.45) is 5.73 Å². The Labute approximate surface area is 89.7 Å². The maximum Gasteiger partial charge on any atom is 0.128 e. The van der Waals surface area contributed by atoms with Crippen molar-refractivity contribution in [2.75, 3.05) is 12.3 Å². The largest absolute Gasteiger partial charge is 0.330 e. The van der Waals surface area contributed by atoms with Gasteiger partial charge < -0.3 is 5.73 Å². The minimum atomic E-state index is -1.14. The molecule has 0 aliphatic carbocycles. The maximum absolute atomic E-state index is 13.2. The van der Waals surface area contributed by atoms with Gasteiger partial charge in [0.05, 0.1) is 5.75 Å². The SMILES string of the molecule is NCCS(=O)Cc1c(F)cccc1Cl. The summed E-state index contributed by atoms with van der Waals surface area (Å²) < 4.78 is 24.5. The predicted molar refractivity (Wildman–Crippen MR) is 57.2 cm³/mol. The summed E-state index contributed by atoms with van der Waals surface area (Å²) in [5, 5.41) is 0.315. The minimum Gasteiger partial charge on any atom is -0.330 e. The normalized spacial score (nSPS) is 12.8. The number of nitrogens with two attached hydrogens (primary N) is 1. The molecule has 0 bridgehead atoms. The molecule has 0 heterocycles. The van der Waals surface area contributed by atoms with E-state index >= 15 is 0 Å². The Morgan fingerprint density at radius 1 is 1.50 bits per heavy atom. The third-order valence-corrected chi connectivity index (χ3v) is 3.37. The van der Waals surface area contributed by atoms with E-state index in [4.69, 9.17) is 17.3 Å². The molecule has 0 aliphatic heterocycles. The number of hydrogen-bond donors (Lipinski definition) is 1. The van der Waals surface area contributed by atoms with E-state index in [2.05, 4.69) is 0 Å². The standard InChI is InChI=1S/C9H11ClFNOS/c10-8-2-1-3-9(11)7(8)6-14(13)5-4-12/h1-3H,4-6,12H2. The Morgan fingerprint density at radius 2 is 2.21 bits per heavy atom. The third-order valence-electron chi connectivity index (χ3n) is 1.71. The molecule has 1 aromatic carbocycles. The van der Waals surface area contributed by atoms with Crippen molar-refractivity contribution in [3.63, 3.8) is 0 Å². The highest BCUT2D eigenvalue weighted by molar-refractivity contribution is 7.84. The Morgan fingerprint density at radius 3 is 2.79 bits per heavy atom. The quantitative estimate of drug-likeness (QED) is 0.863. The molecule has 0 amide bonds. The van der Waals surface area contributed by atoms with Gasteiger partial charge in [-0.25, -0.2) is 4.39 Å². The summed E-state index contributed by atoms with van der Waals surface area (Å²) >= 11 is 5.77. The summed E-state index contributed by atoms with van der Waals surface area (Å²) in [6.45, 7) is 0.332. The van der Waals surface area contributed by atoms with Crippen LogP contribution in [0.25, 0.3) is 0 Å². The van der Waals surface area contributed by atoms with Gasteiger partial charge in [-0.3, -0.25) is 4.21 Å². The lowest BCUT2D eigenvalue weighted by molar-refractivity contribution is 0.615. The van der Waals surface area contributed by atoms with E-state index in [0.717, 1.165) is 0 Å². The highest BCUT2D eigenvalue weighted by atomic mass is 35.5. The summed E-state index contributed by atoms with van der Waals surface area (Å²) in [5.41, 5.74) is 5.55. The van der Waals surface area contributed by atoms with Gasteiger partial charge in [0, 0.05) is 33.7 Å². The molecular weight excluding hydrogens is 225 g/mol. The van der Waals surface area contributed by atoms with E-state index in [1.165, 1.54) is 12.1 Å². The fraction of sp³-hybridized carbons (Fsp3) is 0.333. The van der Waals surface area contributed by atoms with Crippen LogP contribution in [0.3, 0.4) is 0 Å². The summed E-state index contributed by atoms with van der Waals surface area (Å²) in [5.74, 6) is 0.0794. The highest BCUT2D eigenvalue weighted by Gasteiger charge is 2.09. The van der Waals surface area contributed by atoms with Gasteiger partial charge in [0.25, 0.3) is 0 Å². The molecule has 0 spiro atoms. The number of halogens is 2. The minimum absolute atomic E-state index is 0.128. The van der Waals surface area contributed by atoms with Gasteiger partial charge in [0.15, 0.2) is 0 Å². The van der Waals surface area contributed by atoms with Crippen molar-refractivity contribution >= 4 is 22.4 Å². The fourth-order valence-corrected chi connectivity index (χ4v) is 2.37. The number of benzene rings is 1. The zero-order valence-corrected chi connectivity index (χ0v) is 9.08. The average molecular weight is 236 g/mol. The summed E-state index contributed by atoms with van der Waals surface area (Å²) in [4.78, 5) is 0. The third kappa shape index (κ3) is 3.04. The molecule has 0 aliphatic rings. The van der Waals surface area contributed by atoms with Gasteiger partial charge >= 0.3 is 0 Å². The highest BCUT2D eigenvalue weighted by Crippen LogP contribution is 2.20. The summed E-state index contributed by atoms with van der Waals surface area (Å²) in [6.07, 6.45) is 0. The van der Waals surface area contributed by atoms with Crippen molar-refractivity contribution in [2.45, 2.75) is 5.75 Å². The molecule has 0 fully saturated rings. The Kier molecular flexibility index (Phi) is 4.51. The molecule has 2 nitrogen and oxygen atoms in total. The average Bonchev–Trinajstić information content (AvgIpc) is 2.12. The monoisotopic (exact) mass is 235 g/mol. The van der Waals surface area contributed by atoms with Crippen molar-refractivity contribution in [1.29, 1.82) is 0 Å². The van der Waals surface area contributed by atoms with E-state index in [9.17, 15) is 8.60 Å². The van der Waals surface area contributed by atoms with Crippen LogP contribution >= 0.6 is 11.6 Å². The number of hydrogen-bond acceptors (Lipinski definition) is 2. The molecular formula is C9H11ClFNOS. The van der Waals surface area contributed by atoms with Crippen LogP contribution in [0.15, 0.2) is 18.2 Å². The van der Waals surface area contributed by atoms with Gasteiger partial charge in [0.1, 0.15) is 5.82 Å². The fourth-order valence-electron chi connectivity index (χ4n) is 1.03. The van der Waals surface area contributed by atoms with Crippen LogP contribution in [-0.4, -0.2) is 16.5 Å². The molecule has 5 heteroatoms. The lowest BCUT2D eigenvalue weighted by Crippen LogP contribution is -2.12. The van der Waals surface area contributed by atoms with Crippen LogP contribution in [0.1, 0.15) is 5.56 Å². The van der Waals surface area contributed by atoms with Crippen LogP contribution in [0.2, 0.25) is 5.02 Å². The molecule has 78 valence electrons. The Hall–Kier alpha value is -0.450. The van der Waals surface area contributed by atoms with Crippen LogP contribution in [0.5, 0.6) is 0 Å². The van der Waals surface area contributed by atoms with Gasteiger partial charge in [0.2, 0.25) is 0 Å². The first-order valence-electron chi connectivity index (χ1n) is 4.13. The summed E-state index contributed by atoms with van der Waals surface area (Å²) in [7, 11) is -1.14. The van der Waals surface area contributed by atoms with Gasteiger partial charge in [-0.05, 0) is 12.1 Å². The first-order valence-corrected chi connectivity index (χ1v) is 5.99. The van der Waals surface area contributed by atoms with Crippen LogP contribution in [0.4, 0.5) is 4.39 Å².